The highest BCUT2D eigenvalue weighted by Crippen LogP contribution is 2.49. The van der Waals surface area contributed by atoms with Gasteiger partial charge in [0.1, 0.15) is 35.9 Å². The van der Waals surface area contributed by atoms with Crippen LogP contribution in [0.15, 0.2) is 47.1 Å². The predicted molar refractivity (Wildman–Crippen MR) is 201 cm³/mol. The zero-order chi connectivity index (χ0) is 39.2. The standard InChI is InChI=1S/C43H64O12/c1-23-11-10-14-29-22-50-40-36(45)25(3)17-32(43(29,40)48)41(47)52-31-18-30(16-15-24(2)38(23)53-35-19-34(49-6)37(46)27(5)51-35)54-42(20-31)21-33(44)26(4)39(55-42)28-12-8-7-9-13-28/h10-11,14-15,17,23,26-28,30-40,44-46,48H,7-9,12-13,16,18-22H2,1-6H3/b11-10+,24-15+,29-14+/t23-,26-,27-,30+,31-,32-,33?,34-,35-,36+,37-,38-,39-,40+,42-,43+/m0/s1. The first-order valence-electron chi connectivity index (χ1n) is 20.7. The number of fused-ring (bicyclic) bond motifs is 2. The molecule has 12 heteroatoms. The zero-order valence-electron chi connectivity index (χ0n) is 33.4. The van der Waals surface area contributed by atoms with Gasteiger partial charge in [-0.2, -0.15) is 0 Å². The second-order valence-electron chi connectivity index (χ2n) is 17.6. The van der Waals surface area contributed by atoms with Gasteiger partial charge in [-0.1, -0.05) is 63.5 Å². The summed E-state index contributed by atoms with van der Waals surface area (Å²) in [5.41, 5.74) is 0.106. The number of aliphatic hydroxyl groups is 4. The quantitative estimate of drug-likeness (QED) is 0.233. The van der Waals surface area contributed by atoms with Crippen molar-refractivity contribution in [3.8, 4) is 0 Å². The first kappa shape index (κ1) is 41.2. The smallest absolute Gasteiger partial charge is 0.316 e. The molecule has 2 aliphatic carbocycles. The molecular weight excluding hydrogens is 708 g/mol. The van der Waals surface area contributed by atoms with Crippen molar-refractivity contribution in [1.82, 2.24) is 0 Å². The fraction of sp³-hybridized carbons (Fsp3) is 0.791. The van der Waals surface area contributed by atoms with Crippen LogP contribution in [-0.2, 0) is 38.0 Å². The first-order valence-corrected chi connectivity index (χ1v) is 20.7. The summed E-state index contributed by atoms with van der Waals surface area (Å²) >= 11 is 0. The molecule has 1 saturated carbocycles. The summed E-state index contributed by atoms with van der Waals surface area (Å²) in [6.45, 7) is 9.69. The predicted octanol–water partition coefficient (Wildman–Crippen LogP) is 4.57. The maximum atomic E-state index is 14.3. The lowest BCUT2D eigenvalue weighted by Gasteiger charge is -2.53. The first-order chi connectivity index (χ1) is 26.2. The van der Waals surface area contributed by atoms with Crippen molar-refractivity contribution in [1.29, 1.82) is 0 Å². The Kier molecular flexibility index (Phi) is 12.5. The molecule has 0 amide bonds. The Morgan fingerprint density at radius 1 is 0.945 bits per heavy atom. The fourth-order valence-corrected chi connectivity index (χ4v) is 10.4. The van der Waals surface area contributed by atoms with Crippen LogP contribution in [0.3, 0.4) is 0 Å². The maximum absolute atomic E-state index is 14.3. The summed E-state index contributed by atoms with van der Waals surface area (Å²) in [6.07, 6.45) is 9.77. The van der Waals surface area contributed by atoms with Gasteiger partial charge in [-0.05, 0) is 62.7 Å². The molecule has 55 heavy (non-hydrogen) atoms. The van der Waals surface area contributed by atoms with Crippen LogP contribution in [0, 0.1) is 23.7 Å². The van der Waals surface area contributed by atoms with E-state index in [1.165, 1.54) is 6.42 Å². The Morgan fingerprint density at radius 3 is 2.45 bits per heavy atom. The van der Waals surface area contributed by atoms with E-state index in [9.17, 15) is 25.2 Å². The van der Waals surface area contributed by atoms with Crippen LogP contribution in [-0.4, -0.2) is 119 Å². The van der Waals surface area contributed by atoms with Crippen molar-refractivity contribution < 1.29 is 58.4 Å². The number of methoxy groups -OCH3 is 1. The minimum Gasteiger partial charge on any atom is -0.462 e. The number of rotatable bonds is 4. The number of allylic oxidation sites excluding steroid dienone is 2. The van der Waals surface area contributed by atoms with E-state index in [1.54, 1.807) is 33.1 Å². The molecule has 16 atom stereocenters. The molecule has 12 nitrogen and oxygen atoms in total. The molecule has 1 unspecified atom stereocenters. The van der Waals surface area contributed by atoms with Gasteiger partial charge < -0.3 is 53.6 Å². The molecular formula is C43H64O12. The fourth-order valence-electron chi connectivity index (χ4n) is 10.4. The van der Waals surface area contributed by atoms with Crippen LogP contribution in [0.4, 0.5) is 0 Å². The topological polar surface area (TPSA) is 163 Å². The second-order valence-corrected chi connectivity index (χ2v) is 17.6. The van der Waals surface area contributed by atoms with Gasteiger partial charge >= 0.3 is 5.97 Å². The summed E-state index contributed by atoms with van der Waals surface area (Å²) in [5.74, 6) is -2.82. The van der Waals surface area contributed by atoms with E-state index in [2.05, 4.69) is 13.0 Å². The van der Waals surface area contributed by atoms with E-state index >= 15 is 0 Å². The molecule has 4 saturated heterocycles. The molecule has 308 valence electrons. The Hall–Kier alpha value is -1.97. The largest absolute Gasteiger partial charge is 0.462 e. The van der Waals surface area contributed by atoms with E-state index in [1.807, 2.05) is 26.0 Å². The van der Waals surface area contributed by atoms with E-state index in [4.69, 9.17) is 33.2 Å². The lowest BCUT2D eigenvalue weighted by Crippen LogP contribution is -2.60. The maximum Gasteiger partial charge on any atom is 0.316 e. The molecule has 0 aromatic carbocycles. The van der Waals surface area contributed by atoms with Gasteiger partial charge in [-0.25, -0.2) is 0 Å². The molecule has 7 aliphatic rings. The number of carbonyl (C=O) groups excluding carboxylic acids is 1. The van der Waals surface area contributed by atoms with Crippen molar-refractivity contribution in [3.05, 3.63) is 47.1 Å². The Balaban J connectivity index is 1.25. The van der Waals surface area contributed by atoms with E-state index in [-0.39, 0.29) is 37.4 Å². The second kappa shape index (κ2) is 16.7. The summed E-state index contributed by atoms with van der Waals surface area (Å²) in [7, 11) is 1.58. The number of ether oxygens (including phenoxy) is 7. The van der Waals surface area contributed by atoms with E-state index in [0.717, 1.165) is 31.3 Å². The molecule has 5 fully saturated rings. The van der Waals surface area contributed by atoms with Crippen molar-refractivity contribution >= 4 is 5.97 Å². The minimum absolute atomic E-state index is 0.0319. The van der Waals surface area contributed by atoms with Gasteiger partial charge in [-0.3, -0.25) is 4.79 Å². The van der Waals surface area contributed by atoms with Gasteiger partial charge in [-0.15, -0.1) is 0 Å². The van der Waals surface area contributed by atoms with Gasteiger partial charge in [0.15, 0.2) is 12.1 Å². The van der Waals surface area contributed by atoms with E-state index < -0.39 is 84.5 Å². The van der Waals surface area contributed by atoms with Crippen LogP contribution in [0.2, 0.25) is 0 Å². The highest BCUT2D eigenvalue weighted by Gasteiger charge is 2.60. The Bertz CT molecular complexity index is 1500. The molecule has 1 spiro atoms. The van der Waals surface area contributed by atoms with Gasteiger partial charge in [0.25, 0.3) is 0 Å². The highest BCUT2D eigenvalue weighted by molar-refractivity contribution is 5.78. The third-order valence-corrected chi connectivity index (χ3v) is 13.7. The zero-order valence-corrected chi connectivity index (χ0v) is 33.4. The van der Waals surface area contributed by atoms with Crippen molar-refractivity contribution in [2.45, 2.75) is 178 Å². The number of hydrogen-bond acceptors (Lipinski definition) is 12. The summed E-state index contributed by atoms with van der Waals surface area (Å²) in [5, 5.41) is 45.8. The van der Waals surface area contributed by atoms with Crippen LogP contribution in [0.25, 0.3) is 0 Å². The average molecular weight is 773 g/mol. The molecule has 4 N–H and O–H groups in total. The number of carbonyl (C=O) groups is 1. The summed E-state index contributed by atoms with van der Waals surface area (Å²) in [6, 6.07) is 0. The number of aliphatic hydroxyl groups excluding tert-OH is 3. The van der Waals surface area contributed by atoms with Gasteiger partial charge in [0.05, 0.1) is 43.2 Å². The third kappa shape index (κ3) is 8.20. The monoisotopic (exact) mass is 772 g/mol. The number of esters is 1. The SMILES string of the molecule is CO[C@H]1C[C@H](O[C@@H]2/C(C)=C/C[C@@H]3C[C@@H](C[C@]4(CC(O)[C@H](C)[C@@H](C5CCCCC5)O4)O3)OC(=O)[C@@H]3C=C(C)[C@@H](O)[C@H]4OC/C(=C\C=C\[C@@H]2C)[C@]43O)O[C@@H](C)[C@@H]1O. The lowest BCUT2D eigenvalue weighted by atomic mass is 9.71. The van der Waals surface area contributed by atoms with Crippen molar-refractivity contribution in [3.63, 3.8) is 0 Å². The molecule has 5 aliphatic heterocycles. The van der Waals surface area contributed by atoms with Crippen molar-refractivity contribution in [2.75, 3.05) is 13.7 Å². The third-order valence-electron chi connectivity index (χ3n) is 13.7. The summed E-state index contributed by atoms with van der Waals surface area (Å²) in [4.78, 5) is 14.3. The molecule has 2 bridgehead atoms. The molecule has 7 rings (SSSR count). The van der Waals surface area contributed by atoms with Crippen molar-refractivity contribution in [2.24, 2.45) is 23.7 Å². The van der Waals surface area contributed by atoms with Gasteiger partial charge in [0.2, 0.25) is 0 Å². The molecule has 0 radical (unpaired) electrons. The number of hydrogen-bond donors (Lipinski definition) is 4. The molecule has 0 aromatic rings. The Labute approximate surface area is 325 Å². The molecule has 5 heterocycles. The van der Waals surface area contributed by atoms with Gasteiger partial charge in [0, 0.05) is 44.6 Å². The highest BCUT2D eigenvalue weighted by atomic mass is 16.7. The van der Waals surface area contributed by atoms with Crippen LogP contribution < -0.4 is 0 Å². The summed E-state index contributed by atoms with van der Waals surface area (Å²) < 4.78 is 44.7. The van der Waals surface area contributed by atoms with Crippen LogP contribution in [0.1, 0.15) is 98.8 Å². The van der Waals surface area contributed by atoms with Crippen LogP contribution in [0.5, 0.6) is 0 Å². The Morgan fingerprint density at radius 2 is 1.71 bits per heavy atom. The lowest BCUT2D eigenvalue weighted by molar-refractivity contribution is -0.355. The minimum atomic E-state index is -1.84. The van der Waals surface area contributed by atoms with Crippen LogP contribution >= 0.6 is 0 Å². The van der Waals surface area contributed by atoms with E-state index in [0.29, 0.717) is 36.3 Å². The molecule has 0 aromatic heterocycles. The average Bonchev–Trinajstić information content (AvgIpc) is 3.50. The normalized spacial score (nSPS) is 49.9.